The van der Waals surface area contributed by atoms with Crippen LogP contribution in [0.3, 0.4) is 0 Å². The predicted octanol–water partition coefficient (Wildman–Crippen LogP) is 3.22. The van der Waals surface area contributed by atoms with Crippen LogP contribution in [0.1, 0.15) is 37.2 Å². The fourth-order valence-electron chi connectivity index (χ4n) is 3.17. The largest absolute Gasteiger partial charge is 0.466 e. The number of carbonyl (C=O) groups excluding carboxylic acids is 1. The fraction of sp³-hybridized carbons (Fsp3) is 0.533. The first-order valence-corrected chi connectivity index (χ1v) is 7.01. The molecule has 1 aliphatic heterocycles. The summed E-state index contributed by atoms with van der Waals surface area (Å²) in [6.07, 6.45) is 3.61. The van der Waals surface area contributed by atoms with E-state index in [1.807, 2.05) is 6.07 Å². The molecule has 1 saturated heterocycles. The van der Waals surface area contributed by atoms with Crippen molar-refractivity contribution in [2.75, 3.05) is 7.11 Å². The van der Waals surface area contributed by atoms with Gasteiger partial charge in [-0.15, -0.1) is 0 Å². The number of carbonyl (C=O) groups is 1. The molecule has 2 fully saturated rings. The molecule has 2 aliphatic rings. The van der Waals surface area contributed by atoms with Gasteiger partial charge in [0.1, 0.15) is 5.60 Å². The van der Waals surface area contributed by atoms with Crippen molar-refractivity contribution < 1.29 is 14.3 Å². The van der Waals surface area contributed by atoms with E-state index in [1.165, 1.54) is 12.7 Å². The molecule has 0 radical (unpaired) electrons. The van der Waals surface area contributed by atoms with Gasteiger partial charge in [0.2, 0.25) is 0 Å². The molecule has 0 N–H and O–H groups in total. The van der Waals surface area contributed by atoms with Crippen molar-refractivity contribution in [3.8, 4) is 0 Å². The van der Waals surface area contributed by atoms with Crippen LogP contribution in [0.25, 0.3) is 0 Å². The van der Waals surface area contributed by atoms with Crippen molar-refractivity contribution in [3.05, 3.63) is 35.9 Å². The summed E-state index contributed by atoms with van der Waals surface area (Å²) in [6, 6.07) is 10.5. The van der Waals surface area contributed by atoms with Crippen molar-refractivity contribution in [2.45, 2.75) is 42.3 Å². The summed E-state index contributed by atoms with van der Waals surface area (Å²) in [5, 5.41) is -1.23. The first-order valence-electron chi connectivity index (χ1n) is 6.64. The third-order valence-electron chi connectivity index (χ3n) is 4.39. The minimum Gasteiger partial charge on any atom is -0.466 e. The lowest BCUT2D eigenvalue weighted by Crippen LogP contribution is -2.33. The molecule has 102 valence electrons. The summed E-state index contributed by atoms with van der Waals surface area (Å²) in [4.78, 5) is 11.6. The smallest absolute Gasteiger partial charge is 0.357 e. The normalized spacial score (nSPS) is 37.1. The number of hydrogen-bond acceptors (Lipinski definition) is 3. The molecule has 1 aromatic rings. The lowest BCUT2D eigenvalue weighted by atomic mass is 9.77. The number of methoxy groups -OCH3 is 1. The van der Waals surface area contributed by atoms with E-state index in [0.717, 1.165) is 25.7 Å². The number of rotatable bonds is 2. The highest BCUT2D eigenvalue weighted by Gasteiger charge is 2.75. The number of benzene rings is 1. The quantitative estimate of drug-likeness (QED) is 0.474. The summed E-state index contributed by atoms with van der Waals surface area (Å²) in [7, 11) is 1.34. The Morgan fingerprint density at radius 1 is 1.32 bits per heavy atom. The lowest BCUT2D eigenvalue weighted by Gasteiger charge is -2.27. The summed E-state index contributed by atoms with van der Waals surface area (Å²) in [5.74, 6) is 0.0712. The second-order valence-corrected chi connectivity index (χ2v) is 5.90. The summed E-state index contributed by atoms with van der Waals surface area (Å²) in [5.41, 5.74) is 0.865. The molecular weight excluding hydrogens is 264 g/mol. The standard InChI is InChI=1S/C15H17ClO3/c1-18-13(17)15(16)14(19-15)9-7-12(8-10-14)11-5-3-2-4-6-11/h2-6,12H,7-10H2,1H3. The summed E-state index contributed by atoms with van der Waals surface area (Å²) < 4.78 is 10.3. The fourth-order valence-corrected chi connectivity index (χ4v) is 3.58. The van der Waals surface area contributed by atoms with Crippen molar-refractivity contribution in [1.29, 1.82) is 0 Å². The van der Waals surface area contributed by atoms with Gasteiger partial charge >= 0.3 is 5.97 Å². The van der Waals surface area contributed by atoms with Gasteiger partial charge in [-0.1, -0.05) is 41.9 Å². The Morgan fingerprint density at radius 3 is 2.53 bits per heavy atom. The minimum atomic E-state index is -1.23. The van der Waals surface area contributed by atoms with E-state index < -0.39 is 16.6 Å². The van der Waals surface area contributed by atoms with Crippen LogP contribution in [0.4, 0.5) is 0 Å². The Morgan fingerprint density at radius 2 is 1.95 bits per heavy atom. The molecule has 1 saturated carbocycles. The van der Waals surface area contributed by atoms with E-state index in [1.54, 1.807) is 0 Å². The van der Waals surface area contributed by atoms with Gasteiger partial charge in [0.25, 0.3) is 5.06 Å². The van der Waals surface area contributed by atoms with Crippen molar-refractivity contribution in [2.24, 2.45) is 0 Å². The van der Waals surface area contributed by atoms with Gasteiger partial charge in [-0.2, -0.15) is 0 Å². The first kappa shape index (κ1) is 12.9. The first-order chi connectivity index (χ1) is 9.11. The van der Waals surface area contributed by atoms with Gasteiger partial charge in [0, 0.05) is 0 Å². The molecule has 19 heavy (non-hydrogen) atoms. The molecule has 0 amide bonds. The predicted molar refractivity (Wildman–Crippen MR) is 72.1 cm³/mol. The lowest BCUT2D eigenvalue weighted by molar-refractivity contribution is -0.143. The van der Waals surface area contributed by atoms with Crippen LogP contribution in [0.15, 0.2) is 30.3 Å². The Hall–Kier alpha value is -1.06. The van der Waals surface area contributed by atoms with Gasteiger partial charge < -0.3 is 9.47 Å². The highest BCUT2D eigenvalue weighted by Crippen LogP contribution is 2.61. The maximum absolute atomic E-state index is 11.6. The van der Waals surface area contributed by atoms with E-state index in [-0.39, 0.29) is 0 Å². The van der Waals surface area contributed by atoms with Crippen LogP contribution < -0.4 is 0 Å². The van der Waals surface area contributed by atoms with E-state index in [4.69, 9.17) is 21.1 Å². The van der Waals surface area contributed by atoms with E-state index in [2.05, 4.69) is 24.3 Å². The molecule has 4 heteroatoms. The monoisotopic (exact) mass is 280 g/mol. The van der Waals surface area contributed by atoms with Crippen LogP contribution in [-0.4, -0.2) is 23.7 Å². The van der Waals surface area contributed by atoms with Crippen molar-refractivity contribution >= 4 is 17.6 Å². The molecule has 3 rings (SSSR count). The second kappa shape index (κ2) is 4.50. The molecule has 1 unspecified atom stereocenters. The Balaban J connectivity index is 1.67. The Kier molecular flexibility index (Phi) is 3.06. The van der Waals surface area contributed by atoms with Gasteiger partial charge in [0.05, 0.1) is 7.11 Å². The number of epoxide rings is 1. The van der Waals surface area contributed by atoms with E-state index >= 15 is 0 Å². The number of esters is 1. The van der Waals surface area contributed by atoms with Gasteiger partial charge in [-0.05, 0) is 37.2 Å². The maximum Gasteiger partial charge on any atom is 0.357 e. The molecule has 1 atom stereocenters. The van der Waals surface area contributed by atoms with Gasteiger partial charge in [0.15, 0.2) is 0 Å². The maximum atomic E-state index is 11.6. The third kappa shape index (κ3) is 1.96. The van der Waals surface area contributed by atoms with E-state index in [9.17, 15) is 4.79 Å². The van der Waals surface area contributed by atoms with Crippen LogP contribution in [-0.2, 0) is 14.3 Å². The third-order valence-corrected chi connectivity index (χ3v) is 4.97. The van der Waals surface area contributed by atoms with Crippen molar-refractivity contribution in [1.82, 2.24) is 0 Å². The number of halogens is 1. The second-order valence-electron chi connectivity index (χ2n) is 5.37. The molecule has 1 aromatic carbocycles. The molecule has 0 aromatic heterocycles. The summed E-state index contributed by atoms with van der Waals surface area (Å²) >= 11 is 6.23. The highest BCUT2D eigenvalue weighted by atomic mass is 35.5. The van der Waals surface area contributed by atoms with E-state index in [0.29, 0.717) is 5.92 Å². The SMILES string of the molecule is COC(=O)C1(Cl)OC12CCC(c1ccccc1)CC2. The minimum absolute atomic E-state index is 0.465. The average molecular weight is 281 g/mol. The molecule has 3 nitrogen and oxygen atoms in total. The number of hydrogen-bond donors (Lipinski definition) is 0. The molecule has 1 spiro atoms. The van der Waals surface area contributed by atoms with Gasteiger partial charge in [-0.25, -0.2) is 4.79 Å². The Labute approximate surface area is 117 Å². The van der Waals surface area contributed by atoms with Crippen LogP contribution in [0.5, 0.6) is 0 Å². The van der Waals surface area contributed by atoms with Crippen molar-refractivity contribution in [3.63, 3.8) is 0 Å². The molecular formula is C15H17ClO3. The topological polar surface area (TPSA) is 38.8 Å². The molecule has 1 aliphatic carbocycles. The highest BCUT2D eigenvalue weighted by molar-refractivity contribution is 6.36. The van der Waals surface area contributed by atoms with Crippen LogP contribution in [0, 0.1) is 0 Å². The number of ether oxygens (including phenoxy) is 2. The zero-order chi connectivity index (χ0) is 13.5. The molecule has 1 heterocycles. The average Bonchev–Trinajstić information content (AvgIpc) is 3.05. The van der Waals surface area contributed by atoms with Crippen LogP contribution in [0.2, 0.25) is 0 Å². The zero-order valence-electron chi connectivity index (χ0n) is 10.9. The Bertz CT molecular complexity index is 479. The number of alkyl halides is 1. The van der Waals surface area contributed by atoms with Crippen LogP contribution >= 0.6 is 11.6 Å². The summed E-state index contributed by atoms with van der Waals surface area (Å²) in [6.45, 7) is 0. The molecule has 0 bridgehead atoms. The zero-order valence-corrected chi connectivity index (χ0v) is 11.7. The van der Waals surface area contributed by atoms with Gasteiger partial charge in [-0.3, -0.25) is 0 Å².